The molecule has 0 N–H and O–H groups in total. The maximum atomic E-state index is 13.8. The summed E-state index contributed by atoms with van der Waals surface area (Å²) in [5, 5.41) is 2.52. The van der Waals surface area contributed by atoms with E-state index in [0.717, 1.165) is 26.6 Å². The average molecular weight is 648 g/mol. The van der Waals surface area contributed by atoms with E-state index in [4.69, 9.17) is 28.2 Å². The molecule has 6 rings (SSSR count). The first-order chi connectivity index (χ1) is 18.5. The first-order valence-corrected chi connectivity index (χ1v) is 13.8. The van der Waals surface area contributed by atoms with Crippen LogP contribution < -0.4 is 5.56 Å². The Bertz CT molecular complexity index is 1910. The number of hydrogen-bond acceptors (Lipinski definition) is 2. The second kappa shape index (κ2) is 10.4. The van der Waals surface area contributed by atoms with Gasteiger partial charge in [-0.3, -0.25) is 9.36 Å². The van der Waals surface area contributed by atoms with Gasteiger partial charge >= 0.3 is 0 Å². The van der Waals surface area contributed by atoms with Crippen LogP contribution in [-0.2, 0) is 6.54 Å². The van der Waals surface area contributed by atoms with Crippen molar-refractivity contribution in [2.75, 3.05) is 0 Å². The van der Waals surface area contributed by atoms with Crippen molar-refractivity contribution in [3.63, 3.8) is 0 Å². The van der Waals surface area contributed by atoms with Crippen LogP contribution in [0.25, 0.3) is 39.6 Å². The highest BCUT2D eigenvalue weighted by molar-refractivity contribution is 14.1. The van der Waals surface area contributed by atoms with Crippen LogP contribution in [0.15, 0.2) is 102 Å². The molecule has 0 saturated carbocycles. The fraction of sp³-hybridized carbons (Fsp3) is 0.0323. The molecule has 6 aromatic rings. The van der Waals surface area contributed by atoms with Crippen LogP contribution in [0.2, 0.25) is 10.0 Å². The first-order valence-electron chi connectivity index (χ1n) is 12.0. The maximum Gasteiger partial charge on any atom is 0.266 e. The number of hydrogen-bond donors (Lipinski definition) is 0. The second-order valence-electron chi connectivity index (χ2n) is 8.92. The molecule has 0 bridgehead atoms. The average Bonchev–Trinajstić information content (AvgIpc) is 3.26. The lowest BCUT2D eigenvalue weighted by molar-refractivity contribution is 0.836. The van der Waals surface area contributed by atoms with Gasteiger partial charge in [-0.15, -0.1) is 0 Å². The molecule has 0 amide bonds. The van der Waals surface area contributed by atoms with Gasteiger partial charge in [0.25, 0.3) is 5.56 Å². The molecule has 0 unspecified atom stereocenters. The summed E-state index contributed by atoms with van der Waals surface area (Å²) in [7, 11) is 0. The fourth-order valence-corrected chi connectivity index (χ4v) is 5.65. The van der Waals surface area contributed by atoms with Gasteiger partial charge in [0, 0.05) is 37.8 Å². The lowest BCUT2D eigenvalue weighted by Gasteiger charge is -2.13. The van der Waals surface area contributed by atoms with E-state index in [2.05, 4.69) is 69.8 Å². The summed E-state index contributed by atoms with van der Waals surface area (Å²) < 4.78 is 4.75. The molecule has 4 aromatic carbocycles. The molecule has 38 heavy (non-hydrogen) atoms. The molecule has 7 heteroatoms. The second-order valence-corrected chi connectivity index (χ2v) is 11.0. The van der Waals surface area contributed by atoms with E-state index < -0.39 is 0 Å². The van der Waals surface area contributed by atoms with Crippen molar-refractivity contribution in [2.45, 2.75) is 6.54 Å². The van der Waals surface area contributed by atoms with Crippen molar-refractivity contribution in [2.24, 2.45) is 0 Å². The molecule has 0 saturated heterocycles. The summed E-state index contributed by atoms with van der Waals surface area (Å²) in [6.07, 6.45) is 6.01. The van der Waals surface area contributed by atoms with E-state index >= 15 is 0 Å². The Hall–Kier alpha value is -3.39. The highest BCUT2D eigenvalue weighted by Gasteiger charge is 2.15. The number of para-hydroxylation sites is 1. The summed E-state index contributed by atoms with van der Waals surface area (Å²) in [6.45, 7) is 0.757. The van der Waals surface area contributed by atoms with Gasteiger partial charge in [-0.2, -0.15) is 0 Å². The zero-order valence-electron chi connectivity index (χ0n) is 20.0. The number of nitrogens with zero attached hydrogens (tertiary/aromatic N) is 3. The Morgan fingerprint density at radius 1 is 0.842 bits per heavy atom. The van der Waals surface area contributed by atoms with Crippen LogP contribution >= 0.6 is 45.8 Å². The van der Waals surface area contributed by atoms with Gasteiger partial charge in [0.2, 0.25) is 0 Å². The predicted molar refractivity (Wildman–Crippen MR) is 166 cm³/mol. The lowest BCUT2D eigenvalue weighted by atomic mass is 10.1. The van der Waals surface area contributed by atoms with Crippen LogP contribution in [0, 0.1) is 3.57 Å². The van der Waals surface area contributed by atoms with Crippen LogP contribution in [0.4, 0.5) is 0 Å². The summed E-state index contributed by atoms with van der Waals surface area (Å²) in [4.78, 5) is 18.6. The smallest absolute Gasteiger partial charge is 0.266 e. The predicted octanol–water partition coefficient (Wildman–Crippen LogP) is 8.47. The Morgan fingerprint density at radius 2 is 1.63 bits per heavy atom. The summed E-state index contributed by atoms with van der Waals surface area (Å²) >= 11 is 14.9. The normalized spacial score (nSPS) is 11.7. The van der Waals surface area contributed by atoms with Gasteiger partial charge in [-0.25, -0.2) is 4.98 Å². The van der Waals surface area contributed by atoms with E-state index in [-0.39, 0.29) is 5.56 Å². The van der Waals surface area contributed by atoms with Crippen molar-refractivity contribution in [3.8, 4) is 5.69 Å². The highest BCUT2D eigenvalue weighted by Crippen LogP contribution is 2.27. The molecule has 0 aliphatic rings. The van der Waals surface area contributed by atoms with E-state index in [0.29, 0.717) is 32.5 Å². The summed E-state index contributed by atoms with van der Waals surface area (Å²) in [5.74, 6) is 0.479. The number of rotatable bonds is 5. The van der Waals surface area contributed by atoms with Crippen LogP contribution in [0.3, 0.4) is 0 Å². The van der Waals surface area contributed by atoms with Crippen LogP contribution in [-0.4, -0.2) is 14.1 Å². The minimum Gasteiger partial charge on any atom is -0.342 e. The Labute approximate surface area is 242 Å². The lowest BCUT2D eigenvalue weighted by Crippen LogP contribution is -2.22. The van der Waals surface area contributed by atoms with E-state index in [1.807, 2.05) is 48.6 Å². The monoisotopic (exact) mass is 647 g/mol. The molecule has 186 valence electrons. The molecule has 4 nitrogen and oxygen atoms in total. The zero-order chi connectivity index (χ0) is 26.2. The third-order valence-electron chi connectivity index (χ3n) is 6.43. The first kappa shape index (κ1) is 24.9. The topological polar surface area (TPSA) is 39.8 Å². The van der Waals surface area contributed by atoms with Crippen molar-refractivity contribution in [1.29, 1.82) is 0 Å². The summed E-state index contributed by atoms with van der Waals surface area (Å²) in [5.41, 5.74) is 4.35. The summed E-state index contributed by atoms with van der Waals surface area (Å²) in [6, 6.07) is 29.4. The van der Waals surface area contributed by atoms with Gasteiger partial charge < -0.3 is 4.57 Å². The minimum absolute atomic E-state index is 0.191. The van der Waals surface area contributed by atoms with Crippen molar-refractivity contribution < 1.29 is 0 Å². The van der Waals surface area contributed by atoms with E-state index in [9.17, 15) is 4.79 Å². The Morgan fingerprint density at radius 3 is 2.45 bits per heavy atom. The molecule has 0 fully saturated rings. The standard InChI is InChI=1S/C31H20Cl2IN3O/c32-22-11-14-29(26(33)16-22)37-30(35-27-13-12-23(34)17-25(27)31(37)38)15-10-21-19-36(18-20-6-2-1-3-7-20)28-9-5-4-8-24(21)28/h1-17,19H,18H2/b15-10+. The SMILES string of the molecule is O=c1c2cc(I)ccc2nc(/C=C/c2cn(Cc3ccccc3)c3ccccc23)n1-c1ccc(Cl)cc1Cl. The minimum atomic E-state index is -0.191. The molecule has 0 atom stereocenters. The third-order valence-corrected chi connectivity index (χ3v) is 7.64. The maximum absolute atomic E-state index is 13.8. The molecule has 0 aliphatic carbocycles. The third kappa shape index (κ3) is 4.77. The molecular weight excluding hydrogens is 628 g/mol. The van der Waals surface area contributed by atoms with Crippen LogP contribution in [0.5, 0.6) is 0 Å². The van der Waals surface area contributed by atoms with Crippen molar-refractivity contribution >= 4 is 79.8 Å². The van der Waals surface area contributed by atoms with E-state index in [1.165, 1.54) is 5.56 Å². The Kier molecular flexibility index (Phi) is 6.82. The molecule has 2 heterocycles. The number of fused-ring (bicyclic) bond motifs is 2. The zero-order valence-corrected chi connectivity index (χ0v) is 23.7. The van der Waals surface area contributed by atoms with Gasteiger partial charge in [0.15, 0.2) is 0 Å². The number of aromatic nitrogens is 3. The van der Waals surface area contributed by atoms with Crippen molar-refractivity contribution in [3.05, 3.63) is 138 Å². The Balaban J connectivity index is 1.52. The number of benzene rings is 4. The molecule has 0 spiro atoms. The van der Waals surface area contributed by atoms with E-state index in [1.54, 1.807) is 22.8 Å². The quantitative estimate of drug-likeness (QED) is 0.176. The largest absolute Gasteiger partial charge is 0.342 e. The van der Waals surface area contributed by atoms with Crippen molar-refractivity contribution in [1.82, 2.24) is 14.1 Å². The molecular formula is C31H20Cl2IN3O. The fourth-order valence-electron chi connectivity index (χ4n) is 4.67. The van der Waals surface area contributed by atoms with Gasteiger partial charge in [-0.1, -0.05) is 71.7 Å². The highest BCUT2D eigenvalue weighted by atomic mass is 127. The van der Waals surface area contributed by atoms with Gasteiger partial charge in [0.05, 0.1) is 21.6 Å². The molecule has 0 radical (unpaired) electrons. The molecule has 0 aliphatic heterocycles. The van der Waals surface area contributed by atoms with Crippen LogP contribution in [0.1, 0.15) is 17.0 Å². The van der Waals surface area contributed by atoms with Gasteiger partial charge in [-0.05, 0) is 82.8 Å². The van der Waals surface area contributed by atoms with Gasteiger partial charge in [0.1, 0.15) is 5.82 Å². The molecule has 2 aromatic heterocycles. The number of halogens is 3.